The third kappa shape index (κ3) is 2.10. The normalized spacial score (nSPS) is 19.3. The second kappa shape index (κ2) is 5.09. The van der Waals surface area contributed by atoms with E-state index < -0.39 is 11.0 Å². The van der Waals surface area contributed by atoms with E-state index >= 15 is 0 Å². The molecular formula is C21H22N4O2. The largest absolute Gasteiger partial charge is 0.492 e. The summed E-state index contributed by atoms with van der Waals surface area (Å²) in [5.41, 5.74) is 4.77. The summed E-state index contributed by atoms with van der Waals surface area (Å²) < 4.78 is 8.02. The SMILES string of the molecule is CC1(C)Nc2c(cc(-c3cccc4nncn34)c3c2CCO3)C(C)(C)C1=O. The van der Waals surface area contributed by atoms with Crippen LogP contribution in [0, 0.1) is 0 Å². The molecule has 0 saturated heterocycles. The van der Waals surface area contributed by atoms with Crippen LogP contribution in [-0.4, -0.2) is 32.5 Å². The molecule has 6 nitrogen and oxygen atoms in total. The number of pyridine rings is 1. The van der Waals surface area contributed by atoms with Crippen molar-refractivity contribution >= 4 is 17.1 Å². The molecule has 2 aromatic heterocycles. The van der Waals surface area contributed by atoms with Crippen LogP contribution in [0.5, 0.6) is 5.75 Å². The van der Waals surface area contributed by atoms with Gasteiger partial charge in [0.15, 0.2) is 11.4 Å². The van der Waals surface area contributed by atoms with Crippen LogP contribution < -0.4 is 10.1 Å². The van der Waals surface area contributed by atoms with Crippen LogP contribution in [0.2, 0.25) is 0 Å². The lowest BCUT2D eigenvalue weighted by molar-refractivity contribution is -0.127. The molecule has 1 aromatic carbocycles. The Bertz CT molecular complexity index is 1110. The highest BCUT2D eigenvalue weighted by atomic mass is 16.5. The number of nitrogens with zero attached hydrogens (tertiary/aromatic N) is 3. The number of carbonyl (C=O) groups is 1. The maximum atomic E-state index is 13.1. The number of rotatable bonds is 1. The molecule has 0 bridgehead atoms. The molecule has 0 unspecified atom stereocenters. The molecule has 3 aromatic rings. The number of anilines is 1. The van der Waals surface area contributed by atoms with E-state index in [1.54, 1.807) is 6.33 Å². The molecule has 6 heteroatoms. The number of benzene rings is 1. The Labute approximate surface area is 157 Å². The van der Waals surface area contributed by atoms with Crippen molar-refractivity contribution in [2.24, 2.45) is 0 Å². The van der Waals surface area contributed by atoms with Crippen molar-refractivity contribution in [2.45, 2.75) is 45.1 Å². The summed E-state index contributed by atoms with van der Waals surface area (Å²) in [4.78, 5) is 13.1. The average molecular weight is 362 g/mol. The Kier molecular flexibility index (Phi) is 3.07. The lowest BCUT2D eigenvalue weighted by atomic mass is 9.68. The lowest BCUT2D eigenvalue weighted by Gasteiger charge is -2.43. The summed E-state index contributed by atoms with van der Waals surface area (Å²) >= 11 is 0. The van der Waals surface area contributed by atoms with Crippen molar-refractivity contribution in [3.8, 4) is 17.0 Å². The Morgan fingerprint density at radius 3 is 2.85 bits per heavy atom. The van der Waals surface area contributed by atoms with E-state index in [4.69, 9.17) is 4.74 Å². The number of carbonyl (C=O) groups excluding carboxylic acids is 1. The molecular weight excluding hydrogens is 340 g/mol. The van der Waals surface area contributed by atoms with E-state index in [0.29, 0.717) is 6.61 Å². The monoisotopic (exact) mass is 362 g/mol. The first kappa shape index (κ1) is 16.3. The van der Waals surface area contributed by atoms with Gasteiger partial charge in [-0.15, -0.1) is 10.2 Å². The molecule has 0 fully saturated rings. The van der Waals surface area contributed by atoms with Crippen LogP contribution in [0.4, 0.5) is 5.69 Å². The van der Waals surface area contributed by atoms with Crippen LogP contribution in [0.25, 0.3) is 16.9 Å². The molecule has 138 valence electrons. The number of ketones is 1. The number of fused-ring (bicyclic) bond motifs is 4. The number of hydrogen-bond donors (Lipinski definition) is 1. The molecule has 1 N–H and O–H groups in total. The molecule has 2 aliphatic rings. The molecule has 0 aliphatic carbocycles. The second-order valence-electron chi connectivity index (χ2n) is 8.43. The minimum atomic E-state index is -0.608. The van der Waals surface area contributed by atoms with Gasteiger partial charge in [-0.1, -0.05) is 6.07 Å². The molecule has 0 radical (unpaired) electrons. The highest BCUT2D eigenvalue weighted by Gasteiger charge is 2.47. The van der Waals surface area contributed by atoms with Crippen molar-refractivity contribution < 1.29 is 9.53 Å². The lowest BCUT2D eigenvalue weighted by Crippen LogP contribution is -2.53. The van der Waals surface area contributed by atoms with E-state index in [1.165, 1.54) is 0 Å². The Morgan fingerprint density at radius 2 is 2.04 bits per heavy atom. The van der Waals surface area contributed by atoms with Crippen LogP contribution >= 0.6 is 0 Å². The van der Waals surface area contributed by atoms with Gasteiger partial charge in [0.1, 0.15) is 12.1 Å². The van der Waals surface area contributed by atoms with Gasteiger partial charge < -0.3 is 10.1 Å². The quantitative estimate of drug-likeness (QED) is 0.719. The van der Waals surface area contributed by atoms with Crippen LogP contribution in [-0.2, 0) is 16.6 Å². The smallest absolute Gasteiger partial charge is 0.167 e. The van der Waals surface area contributed by atoms with Gasteiger partial charge in [-0.2, -0.15) is 0 Å². The summed E-state index contributed by atoms with van der Waals surface area (Å²) in [6.45, 7) is 8.58. The first-order chi connectivity index (χ1) is 12.8. The molecule has 0 spiro atoms. The number of ether oxygens (including phenoxy) is 1. The number of nitrogens with one attached hydrogen (secondary N) is 1. The first-order valence-corrected chi connectivity index (χ1v) is 9.26. The van der Waals surface area contributed by atoms with Crippen molar-refractivity contribution in [1.29, 1.82) is 0 Å². The predicted molar refractivity (Wildman–Crippen MR) is 103 cm³/mol. The topological polar surface area (TPSA) is 68.5 Å². The zero-order chi connectivity index (χ0) is 19.0. The molecule has 5 rings (SSSR count). The van der Waals surface area contributed by atoms with Crippen molar-refractivity contribution in [2.75, 3.05) is 11.9 Å². The molecule has 0 saturated carbocycles. The summed E-state index contributed by atoms with van der Waals surface area (Å²) in [7, 11) is 0. The van der Waals surface area contributed by atoms with Gasteiger partial charge in [-0.25, -0.2) is 0 Å². The Morgan fingerprint density at radius 1 is 1.22 bits per heavy atom. The number of aromatic nitrogens is 3. The third-order valence-electron chi connectivity index (χ3n) is 5.83. The van der Waals surface area contributed by atoms with Crippen molar-refractivity contribution in [3.63, 3.8) is 0 Å². The molecule has 27 heavy (non-hydrogen) atoms. The first-order valence-electron chi connectivity index (χ1n) is 9.26. The fourth-order valence-electron chi connectivity index (χ4n) is 4.55. The average Bonchev–Trinajstić information content (AvgIpc) is 3.29. The van der Waals surface area contributed by atoms with E-state index in [-0.39, 0.29) is 5.78 Å². The van der Waals surface area contributed by atoms with Gasteiger partial charge in [0.25, 0.3) is 0 Å². The Hall–Kier alpha value is -2.89. The number of hydrogen-bond acceptors (Lipinski definition) is 5. The zero-order valence-electron chi connectivity index (χ0n) is 16.0. The van der Waals surface area contributed by atoms with Gasteiger partial charge in [-0.3, -0.25) is 9.20 Å². The fourth-order valence-corrected chi connectivity index (χ4v) is 4.55. The minimum Gasteiger partial charge on any atom is -0.492 e. The van der Waals surface area contributed by atoms with E-state index in [2.05, 4.69) is 21.6 Å². The molecule has 4 heterocycles. The summed E-state index contributed by atoms with van der Waals surface area (Å²) in [6.07, 6.45) is 2.54. The maximum absolute atomic E-state index is 13.1. The van der Waals surface area contributed by atoms with Crippen LogP contribution in [0.15, 0.2) is 30.6 Å². The summed E-state index contributed by atoms with van der Waals surface area (Å²) in [5.74, 6) is 1.08. The standard InChI is InChI=1S/C21H22N4O2/c1-20(2)14-10-13(15-6-5-7-16-24-22-11-25(15)16)18-12(8-9-27-18)17(14)23-21(3,4)19(20)26/h5-7,10-11,23H,8-9H2,1-4H3. The van der Waals surface area contributed by atoms with Gasteiger partial charge in [-0.05, 0) is 51.5 Å². The van der Waals surface area contributed by atoms with Gasteiger partial charge in [0.2, 0.25) is 0 Å². The van der Waals surface area contributed by atoms with Crippen molar-refractivity contribution in [1.82, 2.24) is 14.6 Å². The zero-order valence-corrected chi connectivity index (χ0v) is 16.0. The number of Topliss-reactive ketones (excluding diaryl/α,β-unsaturated/α-hetero) is 1. The van der Waals surface area contributed by atoms with Gasteiger partial charge in [0.05, 0.1) is 23.3 Å². The van der Waals surface area contributed by atoms with E-state index in [1.807, 2.05) is 50.3 Å². The molecule has 2 aliphatic heterocycles. The van der Waals surface area contributed by atoms with Crippen LogP contribution in [0.1, 0.15) is 38.8 Å². The predicted octanol–water partition coefficient (Wildman–Crippen LogP) is 3.38. The highest BCUT2D eigenvalue weighted by Crippen LogP contribution is 2.50. The van der Waals surface area contributed by atoms with Gasteiger partial charge in [0, 0.05) is 23.2 Å². The second-order valence-corrected chi connectivity index (χ2v) is 8.43. The Balaban J connectivity index is 1.84. The summed E-state index contributed by atoms with van der Waals surface area (Å²) in [5, 5.41) is 11.7. The summed E-state index contributed by atoms with van der Waals surface area (Å²) in [6, 6.07) is 8.04. The van der Waals surface area contributed by atoms with Gasteiger partial charge >= 0.3 is 0 Å². The minimum absolute atomic E-state index is 0.190. The van der Waals surface area contributed by atoms with Crippen LogP contribution in [0.3, 0.4) is 0 Å². The fraction of sp³-hybridized carbons (Fsp3) is 0.381. The van der Waals surface area contributed by atoms with Crippen molar-refractivity contribution in [3.05, 3.63) is 41.7 Å². The molecule has 0 atom stereocenters. The maximum Gasteiger partial charge on any atom is 0.167 e. The molecule has 0 amide bonds. The van der Waals surface area contributed by atoms with E-state index in [0.717, 1.165) is 45.9 Å². The highest BCUT2D eigenvalue weighted by molar-refractivity contribution is 6.04. The third-order valence-corrected chi connectivity index (χ3v) is 5.83. The van der Waals surface area contributed by atoms with E-state index in [9.17, 15) is 4.79 Å².